The molecule has 1 aromatic carbocycles. The van der Waals surface area contributed by atoms with Crippen LogP contribution in [0.1, 0.15) is 68.1 Å². The minimum atomic E-state index is -1.28. The van der Waals surface area contributed by atoms with Crippen LogP contribution in [0, 0.1) is 5.92 Å². The number of hydrogen-bond donors (Lipinski definition) is 1. The van der Waals surface area contributed by atoms with E-state index in [0.717, 1.165) is 44.6 Å². The first-order valence-electron chi connectivity index (χ1n) is 9.39. The molecule has 2 aliphatic rings. The molecule has 0 radical (unpaired) electrons. The lowest BCUT2D eigenvalue weighted by molar-refractivity contribution is -0.269. The van der Waals surface area contributed by atoms with E-state index < -0.39 is 17.7 Å². The summed E-state index contributed by atoms with van der Waals surface area (Å²) in [7, 11) is 0. The van der Waals surface area contributed by atoms with Gasteiger partial charge in [0.1, 0.15) is 11.4 Å². The van der Waals surface area contributed by atoms with Gasteiger partial charge in [-0.25, -0.2) is 9.59 Å². The standard InChI is InChI=1S/C20H26O6/c21-17-12-15(8-9-16(17)19(23)24)25-13-18(22)26-20(10-4-5-11-20)14-6-2-1-3-7-14/h8-9,12,14,21H,1-7,10-11,13H2,(H,23,24)/p-1. The van der Waals surface area contributed by atoms with Gasteiger partial charge >= 0.3 is 11.9 Å². The number of benzene rings is 1. The lowest BCUT2D eigenvalue weighted by Gasteiger charge is -2.39. The van der Waals surface area contributed by atoms with Crippen LogP contribution in [-0.2, 0) is 9.53 Å². The zero-order valence-corrected chi connectivity index (χ0v) is 14.9. The third-order valence-electron chi connectivity index (χ3n) is 5.66. The first kappa shape index (κ1) is 18.5. The van der Waals surface area contributed by atoms with Crippen LogP contribution in [0.4, 0.5) is 0 Å². The summed E-state index contributed by atoms with van der Waals surface area (Å²) in [6.45, 7) is -0.277. The molecule has 6 heteroatoms. The van der Waals surface area contributed by atoms with Gasteiger partial charge in [-0.1, -0.05) is 25.0 Å². The summed E-state index contributed by atoms with van der Waals surface area (Å²) in [5.74, 6) is -1.73. The molecule has 1 aromatic rings. The van der Waals surface area contributed by atoms with Crippen molar-refractivity contribution in [3.63, 3.8) is 0 Å². The predicted molar refractivity (Wildman–Crippen MR) is 92.2 cm³/mol. The van der Waals surface area contributed by atoms with Crippen molar-refractivity contribution >= 4 is 11.9 Å². The quantitative estimate of drug-likeness (QED) is 0.781. The summed E-state index contributed by atoms with van der Waals surface area (Å²) in [6.07, 6.45) is 9.89. The normalized spacial score (nSPS) is 19.8. The molecule has 26 heavy (non-hydrogen) atoms. The van der Waals surface area contributed by atoms with Crippen molar-refractivity contribution in [1.29, 1.82) is 0 Å². The minimum absolute atomic E-state index is 0.176. The van der Waals surface area contributed by atoms with E-state index in [9.17, 15) is 14.7 Å². The van der Waals surface area contributed by atoms with Gasteiger partial charge in [0, 0.05) is 0 Å². The molecule has 0 saturated heterocycles. The molecular formula is C20H25O6-. The van der Waals surface area contributed by atoms with Crippen molar-refractivity contribution in [3.05, 3.63) is 23.8 Å². The molecule has 0 atom stereocenters. The Kier molecular flexibility index (Phi) is 5.69. The van der Waals surface area contributed by atoms with Crippen molar-refractivity contribution in [3.8, 4) is 11.5 Å². The van der Waals surface area contributed by atoms with Crippen LogP contribution in [0.3, 0.4) is 0 Å². The van der Waals surface area contributed by atoms with E-state index in [4.69, 9.17) is 14.6 Å². The van der Waals surface area contributed by atoms with Gasteiger partial charge in [0.2, 0.25) is 0 Å². The number of carboxylic acids is 1. The number of carboxylic acid groups (broad SMARTS) is 1. The molecule has 3 rings (SSSR count). The van der Waals surface area contributed by atoms with E-state index in [0.29, 0.717) is 5.92 Å². The highest BCUT2D eigenvalue weighted by atomic mass is 16.6. The van der Waals surface area contributed by atoms with E-state index in [1.54, 1.807) is 0 Å². The highest BCUT2D eigenvalue weighted by Gasteiger charge is 2.44. The summed E-state index contributed by atoms with van der Waals surface area (Å²) in [6, 6.07) is 3.65. The summed E-state index contributed by atoms with van der Waals surface area (Å²) in [5, 5.41) is 20.6. The van der Waals surface area contributed by atoms with Gasteiger partial charge in [0.25, 0.3) is 0 Å². The Balaban J connectivity index is 1.59. The maximum absolute atomic E-state index is 12.4. The number of hydrogen-bond acceptors (Lipinski definition) is 5. The molecule has 0 heterocycles. The lowest BCUT2D eigenvalue weighted by Crippen LogP contribution is -2.42. The van der Waals surface area contributed by atoms with Gasteiger partial charge < -0.3 is 19.7 Å². The molecule has 0 spiro atoms. The van der Waals surface area contributed by atoms with E-state index >= 15 is 0 Å². The highest BCUT2D eigenvalue weighted by Crippen LogP contribution is 2.45. The topological polar surface area (TPSA) is 95.9 Å². The second-order valence-electron chi connectivity index (χ2n) is 7.33. The molecule has 2 aliphatic carbocycles. The van der Waals surface area contributed by atoms with E-state index in [2.05, 4.69) is 0 Å². The van der Waals surface area contributed by atoms with Crippen molar-refractivity contribution < 1.29 is 29.3 Å². The number of carbonyl (C=O) groups excluding carboxylic acids is 1. The van der Waals surface area contributed by atoms with Gasteiger partial charge in [0.15, 0.2) is 6.61 Å². The third-order valence-corrected chi connectivity index (χ3v) is 5.66. The van der Waals surface area contributed by atoms with E-state index in [-0.39, 0.29) is 23.5 Å². The fourth-order valence-corrected chi connectivity index (χ4v) is 4.36. The number of aromatic carboxylic acids is 1. The van der Waals surface area contributed by atoms with Gasteiger partial charge in [-0.3, -0.25) is 0 Å². The average Bonchev–Trinajstić information content (AvgIpc) is 3.10. The average molecular weight is 361 g/mol. The van der Waals surface area contributed by atoms with Crippen LogP contribution >= 0.6 is 0 Å². The number of ether oxygens (including phenoxy) is 2. The van der Waals surface area contributed by atoms with Crippen LogP contribution in [0.2, 0.25) is 0 Å². The summed E-state index contributed by atoms with van der Waals surface area (Å²) >= 11 is 0. The van der Waals surface area contributed by atoms with Crippen molar-refractivity contribution in [2.24, 2.45) is 5.92 Å². The largest absolute Gasteiger partial charge is 0.872 e. The van der Waals surface area contributed by atoms with Crippen LogP contribution in [-0.4, -0.2) is 29.3 Å². The Morgan fingerprint density at radius 1 is 1.12 bits per heavy atom. The maximum atomic E-state index is 12.4. The molecule has 142 valence electrons. The predicted octanol–water partition coefficient (Wildman–Crippen LogP) is 3.27. The summed E-state index contributed by atoms with van der Waals surface area (Å²) in [4.78, 5) is 23.2. The third kappa shape index (κ3) is 4.11. The van der Waals surface area contributed by atoms with Gasteiger partial charge in [-0.05, 0) is 62.6 Å². The summed E-state index contributed by atoms with van der Waals surface area (Å²) in [5.41, 5.74) is -0.667. The van der Waals surface area contributed by atoms with Crippen LogP contribution in [0.5, 0.6) is 11.5 Å². The second-order valence-corrected chi connectivity index (χ2v) is 7.33. The molecule has 0 aromatic heterocycles. The monoisotopic (exact) mass is 361 g/mol. The molecule has 0 unspecified atom stereocenters. The number of rotatable bonds is 6. The van der Waals surface area contributed by atoms with Crippen LogP contribution in [0.15, 0.2) is 18.2 Å². The first-order valence-corrected chi connectivity index (χ1v) is 9.39. The zero-order chi connectivity index (χ0) is 18.6. The highest BCUT2D eigenvalue weighted by molar-refractivity contribution is 5.90. The minimum Gasteiger partial charge on any atom is -0.872 e. The molecule has 2 saturated carbocycles. The Labute approximate surface area is 153 Å². The molecule has 0 bridgehead atoms. The second kappa shape index (κ2) is 7.98. The van der Waals surface area contributed by atoms with Crippen LogP contribution in [0.25, 0.3) is 0 Å². The fraction of sp³-hybridized carbons (Fsp3) is 0.600. The van der Waals surface area contributed by atoms with Crippen molar-refractivity contribution in [2.45, 2.75) is 63.4 Å². The lowest BCUT2D eigenvalue weighted by atomic mass is 9.76. The molecule has 0 amide bonds. The van der Waals surface area contributed by atoms with Crippen molar-refractivity contribution in [1.82, 2.24) is 0 Å². The maximum Gasteiger partial charge on any atom is 0.344 e. The molecule has 6 nitrogen and oxygen atoms in total. The first-order chi connectivity index (χ1) is 12.5. The Morgan fingerprint density at radius 2 is 1.81 bits per heavy atom. The van der Waals surface area contributed by atoms with Gasteiger partial charge in [-0.2, -0.15) is 0 Å². The Hall–Kier alpha value is -2.24. The smallest absolute Gasteiger partial charge is 0.344 e. The van der Waals surface area contributed by atoms with Crippen LogP contribution < -0.4 is 9.84 Å². The molecule has 0 aliphatic heterocycles. The number of carbonyl (C=O) groups is 2. The molecule has 2 fully saturated rings. The van der Waals surface area contributed by atoms with Gasteiger partial charge in [0.05, 0.1) is 5.56 Å². The molecular weight excluding hydrogens is 336 g/mol. The number of esters is 1. The SMILES string of the molecule is O=C(COc1ccc(C(=O)O)c([O-])c1)OC1(C2CCCCC2)CCCC1. The van der Waals surface area contributed by atoms with Crippen molar-refractivity contribution in [2.75, 3.05) is 6.61 Å². The van der Waals surface area contributed by atoms with Gasteiger partial charge in [-0.15, -0.1) is 0 Å². The van der Waals surface area contributed by atoms with E-state index in [1.807, 2.05) is 0 Å². The molecule has 1 N–H and O–H groups in total. The van der Waals surface area contributed by atoms with E-state index in [1.165, 1.54) is 31.4 Å². The zero-order valence-electron chi connectivity index (χ0n) is 14.9. The Morgan fingerprint density at radius 3 is 2.42 bits per heavy atom. The summed E-state index contributed by atoms with van der Waals surface area (Å²) < 4.78 is 11.3. The Bertz CT molecular complexity index is 656. The fourth-order valence-electron chi connectivity index (χ4n) is 4.36.